The normalized spacial score (nSPS) is 16.4. The van der Waals surface area contributed by atoms with E-state index in [9.17, 15) is 0 Å². The Hall–Kier alpha value is -1.39. The summed E-state index contributed by atoms with van der Waals surface area (Å²) >= 11 is 1.75. The molecule has 0 saturated carbocycles. The Labute approximate surface area is 131 Å². The molecule has 1 aliphatic heterocycles. The van der Waals surface area contributed by atoms with Crippen LogP contribution in [0.2, 0.25) is 0 Å². The Balaban J connectivity index is 1.59. The second kappa shape index (κ2) is 6.16. The number of aromatic nitrogens is 1. The van der Waals surface area contributed by atoms with E-state index in [-0.39, 0.29) is 0 Å². The van der Waals surface area contributed by atoms with Crippen LogP contribution in [-0.4, -0.2) is 36.1 Å². The zero-order chi connectivity index (χ0) is 14.8. The second-order valence-corrected chi connectivity index (χ2v) is 6.97. The molecule has 2 heterocycles. The quantitative estimate of drug-likeness (QED) is 0.866. The van der Waals surface area contributed by atoms with Crippen LogP contribution in [0.15, 0.2) is 23.6 Å². The molecule has 21 heavy (non-hydrogen) atoms. The second-order valence-electron chi connectivity index (χ2n) is 5.91. The van der Waals surface area contributed by atoms with Crippen molar-refractivity contribution in [2.24, 2.45) is 0 Å². The zero-order valence-corrected chi connectivity index (χ0v) is 13.9. The molecular formula is C17H23N3S. The number of rotatable bonds is 3. The van der Waals surface area contributed by atoms with Gasteiger partial charge in [0.05, 0.1) is 10.7 Å². The van der Waals surface area contributed by atoms with Crippen LogP contribution in [-0.2, 0) is 6.54 Å². The molecule has 4 heteroatoms. The number of benzene rings is 1. The van der Waals surface area contributed by atoms with Crippen molar-refractivity contribution < 1.29 is 0 Å². The third kappa shape index (κ3) is 3.44. The van der Waals surface area contributed by atoms with Gasteiger partial charge in [-0.2, -0.15) is 0 Å². The standard InChI is InChI=1S/C17H23N3S/c1-13-4-5-17(14(2)10-13)20-8-6-19(7-9-20)11-16-12-21-15(3)18-16/h4-5,10,12H,6-9,11H2,1-3H3. The number of hydrogen-bond acceptors (Lipinski definition) is 4. The van der Waals surface area contributed by atoms with E-state index in [0.717, 1.165) is 32.7 Å². The Kier molecular flexibility index (Phi) is 4.27. The van der Waals surface area contributed by atoms with Crippen LogP contribution in [0.5, 0.6) is 0 Å². The Morgan fingerprint density at radius 1 is 1.10 bits per heavy atom. The third-order valence-corrected chi connectivity index (χ3v) is 4.94. The van der Waals surface area contributed by atoms with E-state index in [1.165, 1.54) is 27.5 Å². The topological polar surface area (TPSA) is 19.4 Å². The van der Waals surface area contributed by atoms with Crippen molar-refractivity contribution in [3.05, 3.63) is 45.4 Å². The van der Waals surface area contributed by atoms with E-state index in [1.54, 1.807) is 11.3 Å². The summed E-state index contributed by atoms with van der Waals surface area (Å²) in [5.41, 5.74) is 5.34. The summed E-state index contributed by atoms with van der Waals surface area (Å²) in [5.74, 6) is 0. The Morgan fingerprint density at radius 2 is 1.86 bits per heavy atom. The lowest BCUT2D eigenvalue weighted by Crippen LogP contribution is -2.46. The molecule has 112 valence electrons. The molecule has 3 nitrogen and oxygen atoms in total. The minimum absolute atomic E-state index is 0.991. The molecule has 0 radical (unpaired) electrons. The zero-order valence-electron chi connectivity index (χ0n) is 13.1. The predicted molar refractivity (Wildman–Crippen MR) is 90.3 cm³/mol. The lowest BCUT2D eigenvalue weighted by Gasteiger charge is -2.36. The summed E-state index contributed by atoms with van der Waals surface area (Å²) in [6.45, 7) is 11.9. The van der Waals surface area contributed by atoms with Gasteiger partial charge in [-0.1, -0.05) is 17.7 Å². The maximum absolute atomic E-state index is 4.57. The maximum atomic E-state index is 4.57. The highest BCUT2D eigenvalue weighted by Crippen LogP contribution is 2.23. The number of aryl methyl sites for hydroxylation is 3. The Morgan fingerprint density at radius 3 is 2.48 bits per heavy atom. The summed E-state index contributed by atoms with van der Waals surface area (Å²) < 4.78 is 0. The minimum atomic E-state index is 0.991. The molecule has 1 fully saturated rings. The molecule has 0 bridgehead atoms. The lowest BCUT2D eigenvalue weighted by molar-refractivity contribution is 0.247. The predicted octanol–water partition coefficient (Wildman–Crippen LogP) is 3.39. The first-order chi connectivity index (χ1) is 10.1. The molecule has 0 aliphatic carbocycles. The van der Waals surface area contributed by atoms with Crippen molar-refractivity contribution in [2.45, 2.75) is 27.3 Å². The molecule has 0 unspecified atom stereocenters. The molecule has 1 saturated heterocycles. The largest absolute Gasteiger partial charge is 0.369 e. The fourth-order valence-electron chi connectivity index (χ4n) is 3.02. The van der Waals surface area contributed by atoms with E-state index < -0.39 is 0 Å². The molecule has 2 aromatic rings. The number of nitrogens with zero attached hydrogens (tertiary/aromatic N) is 3. The first-order valence-corrected chi connectivity index (χ1v) is 8.45. The molecule has 0 amide bonds. The first-order valence-electron chi connectivity index (χ1n) is 7.57. The van der Waals surface area contributed by atoms with Gasteiger partial charge < -0.3 is 4.90 Å². The lowest BCUT2D eigenvalue weighted by atomic mass is 10.1. The van der Waals surface area contributed by atoms with Crippen molar-refractivity contribution in [1.82, 2.24) is 9.88 Å². The Bertz CT molecular complexity index is 612. The molecule has 1 aliphatic rings. The van der Waals surface area contributed by atoms with Gasteiger partial charge >= 0.3 is 0 Å². The highest BCUT2D eigenvalue weighted by atomic mass is 32.1. The smallest absolute Gasteiger partial charge is 0.0897 e. The number of anilines is 1. The van der Waals surface area contributed by atoms with Gasteiger partial charge in [0, 0.05) is 43.8 Å². The van der Waals surface area contributed by atoms with Gasteiger partial charge in [-0.25, -0.2) is 4.98 Å². The van der Waals surface area contributed by atoms with Gasteiger partial charge in [-0.3, -0.25) is 4.90 Å². The number of thiazole rings is 1. The molecule has 1 aromatic heterocycles. The summed E-state index contributed by atoms with van der Waals surface area (Å²) in [5, 5.41) is 3.35. The van der Waals surface area contributed by atoms with Crippen molar-refractivity contribution in [3.8, 4) is 0 Å². The number of hydrogen-bond donors (Lipinski definition) is 0. The third-order valence-electron chi connectivity index (χ3n) is 4.12. The van der Waals surface area contributed by atoms with E-state index in [4.69, 9.17) is 0 Å². The van der Waals surface area contributed by atoms with Gasteiger partial charge in [0.15, 0.2) is 0 Å². The summed E-state index contributed by atoms with van der Waals surface area (Å²) in [7, 11) is 0. The number of piperazine rings is 1. The average Bonchev–Trinajstić information content (AvgIpc) is 2.85. The molecule has 0 spiro atoms. The fourth-order valence-corrected chi connectivity index (χ4v) is 3.62. The fraction of sp³-hybridized carbons (Fsp3) is 0.471. The highest BCUT2D eigenvalue weighted by molar-refractivity contribution is 7.09. The van der Waals surface area contributed by atoms with E-state index >= 15 is 0 Å². The van der Waals surface area contributed by atoms with Crippen LogP contribution in [0.25, 0.3) is 0 Å². The van der Waals surface area contributed by atoms with Gasteiger partial charge in [-0.05, 0) is 32.4 Å². The molecule has 3 rings (SSSR count). The average molecular weight is 301 g/mol. The minimum Gasteiger partial charge on any atom is -0.369 e. The molecule has 1 aromatic carbocycles. The van der Waals surface area contributed by atoms with Crippen LogP contribution in [0, 0.1) is 20.8 Å². The van der Waals surface area contributed by atoms with Crippen LogP contribution in [0.4, 0.5) is 5.69 Å². The van der Waals surface area contributed by atoms with Gasteiger partial charge in [0.25, 0.3) is 0 Å². The van der Waals surface area contributed by atoms with Crippen molar-refractivity contribution in [1.29, 1.82) is 0 Å². The van der Waals surface area contributed by atoms with Crippen molar-refractivity contribution in [3.63, 3.8) is 0 Å². The summed E-state index contributed by atoms with van der Waals surface area (Å²) in [6.07, 6.45) is 0. The van der Waals surface area contributed by atoms with E-state index in [0.29, 0.717) is 0 Å². The first kappa shape index (κ1) is 14.5. The van der Waals surface area contributed by atoms with Gasteiger partial charge in [-0.15, -0.1) is 11.3 Å². The van der Waals surface area contributed by atoms with Crippen LogP contribution in [0.3, 0.4) is 0 Å². The van der Waals surface area contributed by atoms with Gasteiger partial charge in [0.1, 0.15) is 0 Å². The summed E-state index contributed by atoms with van der Waals surface area (Å²) in [4.78, 5) is 9.59. The molecule has 0 N–H and O–H groups in total. The highest BCUT2D eigenvalue weighted by Gasteiger charge is 2.19. The van der Waals surface area contributed by atoms with E-state index in [2.05, 4.69) is 59.1 Å². The molecule has 0 atom stereocenters. The van der Waals surface area contributed by atoms with Crippen molar-refractivity contribution in [2.75, 3.05) is 31.1 Å². The van der Waals surface area contributed by atoms with Crippen LogP contribution < -0.4 is 4.90 Å². The SMILES string of the molecule is Cc1ccc(N2CCN(Cc3csc(C)n3)CC2)c(C)c1. The summed E-state index contributed by atoms with van der Waals surface area (Å²) in [6, 6.07) is 6.76. The van der Waals surface area contributed by atoms with Crippen LogP contribution in [0.1, 0.15) is 21.8 Å². The van der Waals surface area contributed by atoms with Crippen molar-refractivity contribution >= 4 is 17.0 Å². The van der Waals surface area contributed by atoms with Gasteiger partial charge in [0.2, 0.25) is 0 Å². The van der Waals surface area contributed by atoms with Crippen LogP contribution >= 0.6 is 11.3 Å². The van der Waals surface area contributed by atoms with E-state index in [1.807, 2.05) is 0 Å². The maximum Gasteiger partial charge on any atom is 0.0897 e. The molecular weight excluding hydrogens is 278 g/mol. The monoisotopic (exact) mass is 301 g/mol.